The molecule has 2 fully saturated rings. The first-order chi connectivity index (χ1) is 12.2. The number of carbonyl (C=O) groups is 1. The van der Waals surface area contributed by atoms with Crippen molar-refractivity contribution in [2.24, 2.45) is 10.9 Å². The molecule has 2 rings (SSSR count). The minimum Gasteiger partial charge on any atom is -0.382 e. The second-order valence-electron chi connectivity index (χ2n) is 6.77. The molecular formula is C18H36IN5O2. The van der Waals surface area contributed by atoms with Crippen molar-refractivity contribution in [1.29, 1.82) is 0 Å². The molecule has 1 aliphatic heterocycles. The fourth-order valence-electron chi connectivity index (χ4n) is 3.18. The number of ether oxygens (including phenoxy) is 1. The Hall–Kier alpha value is -0.610. The summed E-state index contributed by atoms with van der Waals surface area (Å²) in [5.41, 5.74) is 0. The van der Waals surface area contributed by atoms with Crippen LogP contribution >= 0.6 is 24.0 Å². The summed E-state index contributed by atoms with van der Waals surface area (Å²) in [5, 5.41) is 6.65. The van der Waals surface area contributed by atoms with E-state index in [9.17, 15) is 4.79 Å². The van der Waals surface area contributed by atoms with Gasteiger partial charge in [-0.15, -0.1) is 24.0 Å². The van der Waals surface area contributed by atoms with E-state index in [-0.39, 0.29) is 24.0 Å². The SMILES string of the molecule is CCOCCCNC(=NC)NCCN1CCN(C(=O)C2CCC2)CC1.I. The Morgan fingerprint density at radius 1 is 1.15 bits per heavy atom. The third-order valence-corrected chi connectivity index (χ3v) is 5.04. The van der Waals surface area contributed by atoms with Gasteiger partial charge in [0.2, 0.25) is 5.91 Å². The molecule has 7 nitrogen and oxygen atoms in total. The lowest BCUT2D eigenvalue weighted by Gasteiger charge is -2.38. The Bertz CT molecular complexity index is 424. The van der Waals surface area contributed by atoms with Gasteiger partial charge >= 0.3 is 0 Å². The van der Waals surface area contributed by atoms with Crippen LogP contribution in [0.15, 0.2) is 4.99 Å². The molecule has 0 aromatic rings. The van der Waals surface area contributed by atoms with Crippen LogP contribution in [0.4, 0.5) is 0 Å². The Morgan fingerprint density at radius 2 is 1.85 bits per heavy atom. The molecule has 8 heteroatoms. The second-order valence-corrected chi connectivity index (χ2v) is 6.77. The molecule has 0 aromatic carbocycles. The lowest BCUT2D eigenvalue weighted by molar-refractivity contribution is -0.139. The first-order valence-corrected chi connectivity index (χ1v) is 9.78. The van der Waals surface area contributed by atoms with E-state index in [1.165, 1.54) is 6.42 Å². The molecule has 0 unspecified atom stereocenters. The standard InChI is InChI=1S/C18H35N5O2.HI/c1-3-25-15-5-8-20-18(19-2)21-9-10-22-11-13-23(14-12-22)17(24)16-6-4-7-16;/h16H,3-15H2,1-2H3,(H2,19,20,21);1H. The zero-order chi connectivity index (χ0) is 17.9. The van der Waals surface area contributed by atoms with Gasteiger partial charge in [-0.3, -0.25) is 14.7 Å². The number of amides is 1. The monoisotopic (exact) mass is 481 g/mol. The zero-order valence-electron chi connectivity index (χ0n) is 16.3. The summed E-state index contributed by atoms with van der Waals surface area (Å²) in [5.74, 6) is 1.56. The van der Waals surface area contributed by atoms with Crippen molar-refractivity contribution in [1.82, 2.24) is 20.4 Å². The molecule has 1 saturated heterocycles. The lowest BCUT2D eigenvalue weighted by atomic mass is 9.84. The number of piperazine rings is 1. The minimum absolute atomic E-state index is 0. The van der Waals surface area contributed by atoms with Crippen LogP contribution in [-0.4, -0.2) is 87.7 Å². The number of halogens is 1. The molecule has 26 heavy (non-hydrogen) atoms. The van der Waals surface area contributed by atoms with E-state index in [0.29, 0.717) is 11.8 Å². The number of rotatable bonds is 9. The summed E-state index contributed by atoms with van der Waals surface area (Å²) in [7, 11) is 1.79. The smallest absolute Gasteiger partial charge is 0.225 e. The van der Waals surface area contributed by atoms with Crippen molar-refractivity contribution in [2.45, 2.75) is 32.6 Å². The van der Waals surface area contributed by atoms with Gasteiger partial charge in [0.25, 0.3) is 0 Å². The molecule has 1 aliphatic carbocycles. The average molecular weight is 481 g/mol. The molecule has 152 valence electrons. The first kappa shape index (κ1) is 23.4. The van der Waals surface area contributed by atoms with Crippen LogP contribution in [0, 0.1) is 5.92 Å². The maximum Gasteiger partial charge on any atom is 0.225 e. The molecule has 2 N–H and O–H groups in total. The summed E-state index contributed by atoms with van der Waals surface area (Å²) in [6, 6.07) is 0. The maximum absolute atomic E-state index is 12.3. The molecule has 1 heterocycles. The van der Waals surface area contributed by atoms with Gasteiger partial charge in [0.15, 0.2) is 5.96 Å². The number of nitrogens with zero attached hydrogens (tertiary/aromatic N) is 3. The fourth-order valence-corrected chi connectivity index (χ4v) is 3.18. The number of nitrogens with one attached hydrogen (secondary N) is 2. The average Bonchev–Trinajstić information content (AvgIpc) is 2.59. The highest BCUT2D eigenvalue weighted by Gasteiger charge is 2.30. The van der Waals surface area contributed by atoms with Crippen LogP contribution in [0.5, 0.6) is 0 Å². The Morgan fingerprint density at radius 3 is 2.42 bits per heavy atom. The highest BCUT2D eigenvalue weighted by atomic mass is 127. The predicted molar refractivity (Wildman–Crippen MR) is 116 cm³/mol. The molecule has 0 atom stereocenters. The normalized spacial score (nSPS) is 18.8. The molecule has 0 bridgehead atoms. The molecule has 1 saturated carbocycles. The molecule has 2 aliphatic rings. The molecule has 0 spiro atoms. The van der Waals surface area contributed by atoms with Gasteiger partial charge in [-0.25, -0.2) is 0 Å². The summed E-state index contributed by atoms with van der Waals surface area (Å²) < 4.78 is 5.33. The van der Waals surface area contributed by atoms with Crippen molar-refractivity contribution in [3.63, 3.8) is 0 Å². The number of guanidine groups is 1. The lowest BCUT2D eigenvalue weighted by Crippen LogP contribution is -2.52. The minimum atomic E-state index is 0. The van der Waals surface area contributed by atoms with Gasteiger partial charge in [0.05, 0.1) is 0 Å². The number of carbonyl (C=O) groups excluding carboxylic acids is 1. The van der Waals surface area contributed by atoms with Gasteiger partial charge in [-0.2, -0.15) is 0 Å². The highest BCUT2D eigenvalue weighted by molar-refractivity contribution is 14.0. The van der Waals surface area contributed by atoms with E-state index in [0.717, 1.165) is 84.2 Å². The highest BCUT2D eigenvalue weighted by Crippen LogP contribution is 2.28. The second kappa shape index (κ2) is 13.5. The van der Waals surface area contributed by atoms with E-state index in [4.69, 9.17) is 4.74 Å². The maximum atomic E-state index is 12.3. The van der Waals surface area contributed by atoms with Gasteiger partial charge in [0.1, 0.15) is 0 Å². The van der Waals surface area contributed by atoms with Crippen LogP contribution in [0.3, 0.4) is 0 Å². The van der Waals surface area contributed by atoms with Gasteiger partial charge in [-0.05, 0) is 26.2 Å². The van der Waals surface area contributed by atoms with Crippen molar-refractivity contribution < 1.29 is 9.53 Å². The zero-order valence-corrected chi connectivity index (χ0v) is 18.7. The first-order valence-electron chi connectivity index (χ1n) is 9.78. The summed E-state index contributed by atoms with van der Waals surface area (Å²) >= 11 is 0. The van der Waals surface area contributed by atoms with Crippen molar-refractivity contribution in [3.8, 4) is 0 Å². The Balaban J connectivity index is 0.00000338. The number of hydrogen-bond acceptors (Lipinski definition) is 4. The van der Waals surface area contributed by atoms with E-state index in [2.05, 4.69) is 25.4 Å². The topological polar surface area (TPSA) is 69.2 Å². The van der Waals surface area contributed by atoms with E-state index >= 15 is 0 Å². The predicted octanol–water partition coefficient (Wildman–Crippen LogP) is 1.14. The quantitative estimate of drug-likeness (QED) is 0.224. The summed E-state index contributed by atoms with van der Waals surface area (Å²) in [6.07, 6.45) is 4.40. The van der Waals surface area contributed by atoms with Gasteiger partial charge < -0.3 is 20.3 Å². The fraction of sp³-hybridized carbons (Fsp3) is 0.889. The van der Waals surface area contributed by atoms with Gasteiger partial charge in [0, 0.05) is 72.0 Å². The third kappa shape index (κ3) is 7.96. The van der Waals surface area contributed by atoms with Crippen LogP contribution in [0.1, 0.15) is 32.6 Å². The number of hydrogen-bond donors (Lipinski definition) is 2. The largest absolute Gasteiger partial charge is 0.382 e. The molecular weight excluding hydrogens is 445 g/mol. The van der Waals surface area contributed by atoms with E-state index < -0.39 is 0 Å². The molecule has 0 radical (unpaired) electrons. The van der Waals surface area contributed by atoms with Crippen molar-refractivity contribution in [2.75, 3.05) is 66.1 Å². The van der Waals surface area contributed by atoms with Crippen molar-refractivity contribution in [3.05, 3.63) is 0 Å². The third-order valence-electron chi connectivity index (χ3n) is 5.04. The van der Waals surface area contributed by atoms with Crippen LogP contribution in [0.25, 0.3) is 0 Å². The van der Waals surface area contributed by atoms with Crippen LogP contribution in [-0.2, 0) is 9.53 Å². The van der Waals surface area contributed by atoms with Crippen LogP contribution < -0.4 is 10.6 Å². The Kier molecular flexibility index (Phi) is 12.2. The van der Waals surface area contributed by atoms with Gasteiger partial charge in [-0.1, -0.05) is 6.42 Å². The van der Waals surface area contributed by atoms with Crippen molar-refractivity contribution >= 4 is 35.8 Å². The molecule has 1 amide bonds. The summed E-state index contributed by atoms with van der Waals surface area (Å²) in [6.45, 7) is 9.96. The molecule has 0 aromatic heterocycles. The Labute approximate surface area is 175 Å². The van der Waals surface area contributed by atoms with E-state index in [1.54, 1.807) is 7.05 Å². The number of aliphatic imine (C=N–C) groups is 1. The summed E-state index contributed by atoms with van der Waals surface area (Å²) in [4.78, 5) is 21.0. The van der Waals surface area contributed by atoms with Crippen LogP contribution in [0.2, 0.25) is 0 Å². The van der Waals surface area contributed by atoms with E-state index in [1.807, 2.05) is 6.92 Å².